The Bertz CT molecular complexity index is 1440. The van der Waals surface area contributed by atoms with Crippen molar-refractivity contribution in [3.05, 3.63) is 61.1 Å². The number of H-pyrrole nitrogens is 1. The van der Waals surface area contributed by atoms with Crippen LogP contribution in [-0.4, -0.2) is 69.5 Å². The fourth-order valence-electron chi connectivity index (χ4n) is 3.37. The summed E-state index contributed by atoms with van der Waals surface area (Å²) in [5, 5.41) is 20.3. The lowest BCUT2D eigenvalue weighted by molar-refractivity contribution is -0.139. The largest absolute Gasteiger partial charge is 0.497 e. The van der Waals surface area contributed by atoms with Crippen molar-refractivity contribution < 1.29 is 28.2 Å². The molecular formula is C23H23N5O6S2. The van der Waals surface area contributed by atoms with Crippen molar-refractivity contribution in [1.82, 2.24) is 24.7 Å². The minimum absolute atomic E-state index is 0.0711. The van der Waals surface area contributed by atoms with Crippen molar-refractivity contribution in [2.45, 2.75) is 28.6 Å². The van der Waals surface area contributed by atoms with E-state index in [0.717, 1.165) is 22.9 Å². The molecule has 0 bridgehead atoms. The van der Waals surface area contributed by atoms with Crippen LogP contribution in [0.3, 0.4) is 0 Å². The van der Waals surface area contributed by atoms with Gasteiger partial charge in [-0.3, -0.25) is 4.79 Å². The van der Waals surface area contributed by atoms with Crippen molar-refractivity contribution >= 4 is 38.9 Å². The van der Waals surface area contributed by atoms with Gasteiger partial charge in [0, 0.05) is 12.2 Å². The molecule has 0 amide bonds. The van der Waals surface area contributed by atoms with E-state index in [-0.39, 0.29) is 17.1 Å². The molecule has 0 saturated carbocycles. The van der Waals surface area contributed by atoms with E-state index in [0.29, 0.717) is 22.1 Å². The molecule has 11 nitrogen and oxygen atoms in total. The fourth-order valence-corrected chi connectivity index (χ4v) is 5.33. The predicted molar refractivity (Wildman–Crippen MR) is 133 cm³/mol. The number of aliphatic carboxylic acids is 1. The highest BCUT2D eigenvalue weighted by atomic mass is 32.2. The lowest BCUT2D eigenvalue weighted by Gasteiger charge is -2.18. The third-order valence-corrected chi connectivity index (χ3v) is 7.74. The number of nitrogens with zero attached hydrogens (tertiary/aromatic N) is 3. The molecule has 2 heterocycles. The quantitative estimate of drug-likeness (QED) is 0.167. The summed E-state index contributed by atoms with van der Waals surface area (Å²) in [6.07, 6.45) is 1.55. The molecule has 36 heavy (non-hydrogen) atoms. The van der Waals surface area contributed by atoms with Crippen LogP contribution in [0.25, 0.3) is 22.3 Å². The van der Waals surface area contributed by atoms with Crippen LogP contribution in [0.4, 0.5) is 0 Å². The van der Waals surface area contributed by atoms with E-state index in [2.05, 4.69) is 24.7 Å². The highest BCUT2D eigenvalue weighted by Crippen LogP contribution is 2.24. The molecule has 0 aliphatic rings. The van der Waals surface area contributed by atoms with E-state index in [1.54, 1.807) is 31.4 Å². The Balaban J connectivity index is 1.38. The second kappa shape index (κ2) is 11.0. The number of aliphatic hydroxyl groups excluding tert-OH is 1. The van der Waals surface area contributed by atoms with Crippen LogP contribution < -0.4 is 9.46 Å². The molecule has 0 aliphatic heterocycles. The standard InChI is InChI=1S/C23H23N5O6S2/c1-34-17-6-2-14(3-7-17)15-4-8-18(9-5-15)36(32,33)28-19(22(30)31)10-16(29)12-35-23-24-11-20-21(27-23)26-13-25-20/h2-9,11,13,16,19,28-29H,10,12H2,1H3,(H,30,31)(H,24,25,26,27). The summed E-state index contributed by atoms with van der Waals surface area (Å²) in [6.45, 7) is 0. The molecule has 4 rings (SSSR count). The number of aromatic amines is 1. The third-order valence-electron chi connectivity index (χ3n) is 5.25. The molecule has 4 N–H and O–H groups in total. The number of ether oxygens (including phenoxy) is 1. The maximum atomic E-state index is 12.8. The number of benzene rings is 2. The van der Waals surface area contributed by atoms with Gasteiger partial charge < -0.3 is 19.9 Å². The van der Waals surface area contributed by atoms with Crippen molar-refractivity contribution in [1.29, 1.82) is 0 Å². The number of carboxylic acids is 1. The average Bonchev–Trinajstić information content (AvgIpc) is 3.35. The molecule has 0 aliphatic carbocycles. The molecule has 0 spiro atoms. The number of hydrogen-bond acceptors (Lipinski definition) is 9. The number of imidazole rings is 1. The molecule has 4 aromatic rings. The lowest BCUT2D eigenvalue weighted by atomic mass is 10.1. The van der Waals surface area contributed by atoms with E-state index in [1.807, 2.05) is 12.1 Å². The smallest absolute Gasteiger partial charge is 0.321 e. The second-order valence-corrected chi connectivity index (χ2v) is 10.5. The van der Waals surface area contributed by atoms with Crippen LogP contribution in [0.5, 0.6) is 5.75 Å². The maximum Gasteiger partial charge on any atom is 0.321 e. The zero-order chi connectivity index (χ0) is 25.7. The minimum Gasteiger partial charge on any atom is -0.497 e. The molecule has 0 fully saturated rings. The number of carbonyl (C=O) groups is 1. The summed E-state index contributed by atoms with van der Waals surface area (Å²) in [4.78, 5) is 26.9. The summed E-state index contributed by atoms with van der Waals surface area (Å²) in [5.41, 5.74) is 2.79. The number of sulfonamides is 1. The highest BCUT2D eigenvalue weighted by molar-refractivity contribution is 7.99. The number of fused-ring (bicyclic) bond motifs is 1. The number of hydrogen-bond donors (Lipinski definition) is 4. The molecule has 0 radical (unpaired) electrons. The number of aromatic nitrogens is 4. The molecule has 13 heteroatoms. The molecule has 2 atom stereocenters. The second-order valence-electron chi connectivity index (χ2n) is 7.75. The van der Waals surface area contributed by atoms with Crippen LogP contribution in [0.2, 0.25) is 0 Å². The highest BCUT2D eigenvalue weighted by Gasteiger charge is 2.28. The van der Waals surface area contributed by atoms with Crippen LogP contribution in [0, 0.1) is 0 Å². The van der Waals surface area contributed by atoms with Gasteiger partial charge in [0.25, 0.3) is 0 Å². The minimum atomic E-state index is -4.15. The van der Waals surface area contributed by atoms with Crippen LogP contribution in [0.1, 0.15) is 6.42 Å². The van der Waals surface area contributed by atoms with E-state index in [4.69, 9.17) is 4.74 Å². The Hall–Kier alpha value is -3.52. The van der Waals surface area contributed by atoms with Crippen LogP contribution in [-0.2, 0) is 14.8 Å². The first-order valence-electron chi connectivity index (χ1n) is 10.7. The van der Waals surface area contributed by atoms with Gasteiger partial charge in [0.05, 0.1) is 30.6 Å². The number of methoxy groups -OCH3 is 1. The van der Waals surface area contributed by atoms with Gasteiger partial charge >= 0.3 is 5.97 Å². The summed E-state index contributed by atoms with van der Waals surface area (Å²) < 4.78 is 33.0. The van der Waals surface area contributed by atoms with Crippen molar-refractivity contribution in [2.24, 2.45) is 0 Å². The van der Waals surface area contributed by atoms with Crippen LogP contribution >= 0.6 is 11.8 Å². The Morgan fingerprint density at radius 3 is 2.42 bits per heavy atom. The summed E-state index contributed by atoms with van der Waals surface area (Å²) in [6, 6.07) is 11.8. The molecule has 0 saturated heterocycles. The van der Waals surface area contributed by atoms with E-state index in [9.17, 15) is 23.4 Å². The maximum absolute atomic E-state index is 12.8. The molecular weight excluding hydrogens is 506 g/mol. The zero-order valence-corrected chi connectivity index (χ0v) is 20.7. The predicted octanol–water partition coefficient (Wildman–Crippen LogP) is 2.30. The number of rotatable bonds is 11. The Kier molecular flexibility index (Phi) is 7.84. The summed E-state index contributed by atoms with van der Waals surface area (Å²) in [5.74, 6) is -0.622. The SMILES string of the molecule is COc1ccc(-c2ccc(S(=O)(=O)NC(CC(O)CSc3ncc4nc[nH]c4n3)C(=O)O)cc2)cc1. The van der Waals surface area contributed by atoms with Gasteiger partial charge in [-0.15, -0.1) is 0 Å². The zero-order valence-electron chi connectivity index (χ0n) is 19.0. The first-order valence-corrected chi connectivity index (χ1v) is 13.2. The lowest BCUT2D eigenvalue weighted by Crippen LogP contribution is -2.43. The first kappa shape index (κ1) is 25.6. The normalized spacial score (nSPS) is 13.4. The fraction of sp³-hybridized carbons (Fsp3) is 0.217. The summed E-state index contributed by atoms with van der Waals surface area (Å²) >= 11 is 1.12. The number of aliphatic hydroxyl groups is 1. The monoisotopic (exact) mass is 529 g/mol. The van der Waals surface area contributed by atoms with Crippen LogP contribution in [0.15, 0.2) is 71.1 Å². The van der Waals surface area contributed by atoms with E-state index in [1.165, 1.54) is 24.7 Å². The van der Waals surface area contributed by atoms with Gasteiger partial charge in [0.2, 0.25) is 10.0 Å². The Morgan fingerprint density at radius 1 is 1.11 bits per heavy atom. The topological polar surface area (TPSA) is 167 Å². The van der Waals surface area contributed by atoms with Gasteiger partial charge in [-0.2, -0.15) is 4.72 Å². The van der Waals surface area contributed by atoms with E-state index >= 15 is 0 Å². The van der Waals surface area contributed by atoms with Gasteiger partial charge in [-0.1, -0.05) is 36.0 Å². The molecule has 2 aromatic heterocycles. The van der Waals surface area contributed by atoms with Gasteiger partial charge in [0.15, 0.2) is 10.8 Å². The van der Waals surface area contributed by atoms with Gasteiger partial charge in [0.1, 0.15) is 17.3 Å². The van der Waals surface area contributed by atoms with Crippen molar-refractivity contribution in [3.63, 3.8) is 0 Å². The number of carboxylic acid groups (broad SMARTS) is 1. The van der Waals surface area contributed by atoms with E-state index < -0.39 is 28.1 Å². The van der Waals surface area contributed by atoms with Gasteiger partial charge in [-0.25, -0.2) is 23.4 Å². The Morgan fingerprint density at radius 2 is 1.78 bits per heavy atom. The number of nitrogens with one attached hydrogen (secondary N) is 2. The molecule has 2 aromatic carbocycles. The Labute approximate surface area is 211 Å². The summed E-state index contributed by atoms with van der Waals surface area (Å²) in [7, 11) is -2.58. The average molecular weight is 530 g/mol. The molecule has 2 unspecified atom stereocenters. The molecule has 188 valence electrons. The third kappa shape index (κ3) is 6.18. The number of thioether (sulfide) groups is 1. The van der Waals surface area contributed by atoms with Crippen molar-refractivity contribution in [2.75, 3.05) is 12.9 Å². The van der Waals surface area contributed by atoms with Crippen molar-refractivity contribution in [3.8, 4) is 16.9 Å². The first-order chi connectivity index (χ1) is 17.2. The van der Waals surface area contributed by atoms with Gasteiger partial charge in [-0.05, 0) is 35.4 Å².